The maximum absolute atomic E-state index is 11.8. The first-order valence-electron chi connectivity index (χ1n) is 6.49. The number of carbonyl (C=O) groups excluding carboxylic acids is 1. The number of benzene rings is 1. The Hall–Kier alpha value is -1.51. The zero-order chi connectivity index (χ0) is 15.4. The Morgan fingerprint density at radius 3 is 2.43 bits per heavy atom. The number of methoxy groups -OCH3 is 1. The zero-order valence-electron chi connectivity index (χ0n) is 11.5. The molecule has 0 amide bonds. The van der Waals surface area contributed by atoms with Crippen molar-refractivity contribution in [2.45, 2.75) is 30.7 Å². The Balaban J connectivity index is 1.94. The first-order chi connectivity index (χ1) is 10.0. The average Bonchev–Trinajstić information content (AvgIpc) is 2.52. The molecule has 0 bridgehead atoms. The minimum Gasteiger partial charge on any atom is -0.459 e. The summed E-state index contributed by atoms with van der Waals surface area (Å²) in [5, 5.41) is 29.1. The van der Waals surface area contributed by atoms with Crippen LogP contribution in [0.1, 0.15) is 10.4 Å². The van der Waals surface area contributed by atoms with Crippen LogP contribution >= 0.6 is 0 Å². The molecular formula is C14H18O7. The Morgan fingerprint density at radius 2 is 1.81 bits per heavy atom. The number of esters is 1. The molecule has 1 aliphatic heterocycles. The van der Waals surface area contributed by atoms with Gasteiger partial charge in [0.15, 0.2) is 6.29 Å². The smallest absolute Gasteiger partial charge is 0.338 e. The topological polar surface area (TPSA) is 105 Å². The molecule has 3 N–H and O–H groups in total. The number of aliphatic hydroxyl groups is 3. The summed E-state index contributed by atoms with van der Waals surface area (Å²) in [6.45, 7) is -0.265. The van der Waals surface area contributed by atoms with Crippen molar-refractivity contribution in [1.29, 1.82) is 0 Å². The highest BCUT2D eigenvalue weighted by molar-refractivity contribution is 5.89. The molecule has 1 aromatic rings. The number of rotatable bonds is 4. The predicted molar refractivity (Wildman–Crippen MR) is 70.4 cm³/mol. The first-order valence-corrected chi connectivity index (χ1v) is 6.49. The maximum Gasteiger partial charge on any atom is 0.338 e. The summed E-state index contributed by atoms with van der Waals surface area (Å²) in [5.74, 6) is -0.569. The van der Waals surface area contributed by atoms with Crippen LogP contribution in [0.3, 0.4) is 0 Å². The SMILES string of the molecule is CO[C@@H]1O[C@H](COC(=O)c2ccccc2)[C@H](O)[C@H](O)[C@H]1O. The summed E-state index contributed by atoms with van der Waals surface area (Å²) in [6.07, 6.45) is -6.27. The highest BCUT2D eigenvalue weighted by atomic mass is 16.7. The minimum atomic E-state index is -1.44. The highest BCUT2D eigenvalue weighted by Gasteiger charge is 2.44. The van der Waals surface area contributed by atoms with Crippen molar-refractivity contribution in [2.75, 3.05) is 13.7 Å². The van der Waals surface area contributed by atoms with E-state index in [1.807, 2.05) is 0 Å². The molecule has 116 valence electrons. The molecule has 1 aliphatic rings. The summed E-state index contributed by atoms with van der Waals surface area (Å²) < 4.78 is 15.2. The van der Waals surface area contributed by atoms with Crippen molar-refractivity contribution in [1.82, 2.24) is 0 Å². The first kappa shape index (κ1) is 15.9. The summed E-state index contributed by atoms with van der Waals surface area (Å²) in [7, 11) is 1.30. The minimum absolute atomic E-state index is 0.265. The van der Waals surface area contributed by atoms with E-state index in [9.17, 15) is 20.1 Å². The van der Waals surface area contributed by atoms with Crippen molar-refractivity contribution >= 4 is 5.97 Å². The van der Waals surface area contributed by atoms with Crippen molar-refractivity contribution < 1.29 is 34.3 Å². The molecule has 0 saturated carbocycles. The van der Waals surface area contributed by atoms with Crippen molar-refractivity contribution in [3.8, 4) is 0 Å². The van der Waals surface area contributed by atoms with Crippen LogP contribution in [0.2, 0.25) is 0 Å². The molecule has 0 spiro atoms. The maximum atomic E-state index is 11.8. The molecule has 1 heterocycles. The quantitative estimate of drug-likeness (QED) is 0.631. The summed E-state index contributed by atoms with van der Waals surface area (Å²) >= 11 is 0. The molecule has 0 aliphatic carbocycles. The lowest BCUT2D eigenvalue weighted by Gasteiger charge is -2.39. The molecule has 1 fully saturated rings. The molecule has 1 saturated heterocycles. The van der Waals surface area contributed by atoms with Gasteiger partial charge in [-0.05, 0) is 12.1 Å². The second kappa shape index (κ2) is 6.97. The Labute approximate surface area is 121 Å². The molecule has 7 heteroatoms. The zero-order valence-corrected chi connectivity index (χ0v) is 11.5. The third-order valence-corrected chi connectivity index (χ3v) is 3.29. The van der Waals surface area contributed by atoms with Gasteiger partial charge in [0.2, 0.25) is 0 Å². The van der Waals surface area contributed by atoms with Crippen molar-refractivity contribution in [2.24, 2.45) is 0 Å². The predicted octanol–water partition coefficient (Wildman–Crippen LogP) is -0.703. The van der Waals surface area contributed by atoms with Gasteiger partial charge in [0.1, 0.15) is 31.0 Å². The van der Waals surface area contributed by atoms with Gasteiger partial charge in [-0.15, -0.1) is 0 Å². The lowest BCUT2D eigenvalue weighted by Crippen LogP contribution is -2.59. The van der Waals surface area contributed by atoms with Crippen LogP contribution in [0.15, 0.2) is 30.3 Å². The highest BCUT2D eigenvalue weighted by Crippen LogP contribution is 2.22. The number of aliphatic hydroxyl groups excluding tert-OH is 3. The number of ether oxygens (including phenoxy) is 3. The fourth-order valence-electron chi connectivity index (χ4n) is 2.06. The second-order valence-corrected chi connectivity index (χ2v) is 4.71. The monoisotopic (exact) mass is 298 g/mol. The van der Waals surface area contributed by atoms with Crippen LogP contribution in [0.4, 0.5) is 0 Å². The molecular weight excluding hydrogens is 280 g/mol. The summed E-state index contributed by atoms with van der Waals surface area (Å²) in [6, 6.07) is 8.35. The molecule has 2 rings (SSSR count). The second-order valence-electron chi connectivity index (χ2n) is 4.71. The lowest BCUT2D eigenvalue weighted by atomic mass is 9.99. The van der Waals surface area contributed by atoms with E-state index in [1.165, 1.54) is 7.11 Å². The van der Waals surface area contributed by atoms with Gasteiger partial charge in [-0.25, -0.2) is 4.79 Å². The standard InChI is InChI=1S/C14H18O7/c1-19-14-12(17)11(16)10(15)9(21-14)7-20-13(18)8-5-3-2-4-6-8/h2-6,9-12,14-17H,7H2,1H3/t9-,10+,11+,12-,14-/m1/s1. The average molecular weight is 298 g/mol. The van der Waals surface area contributed by atoms with Gasteiger partial charge in [-0.1, -0.05) is 18.2 Å². The van der Waals surface area contributed by atoms with Crippen molar-refractivity contribution in [3.63, 3.8) is 0 Å². The van der Waals surface area contributed by atoms with E-state index < -0.39 is 36.7 Å². The van der Waals surface area contributed by atoms with E-state index in [-0.39, 0.29) is 6.61 Å². The van der Waals surface area contributed by atoms with E-state index in [0.717, 1.165) is 0 Å². The van der Waals surface area contributed by atoms with E-state index in [4.69, 9.17) is 14.2 Å². The van der Waals surface area contributed by atoms with Gasteiger partial charge >= 0.3 is 5.97 Å². The summed E-state index contributed by atoms with van der Waals surface area (Å²) in [4.78, 5) is 11.8. The molecule has 1 aromatic carbocycles. The Bertz CT molecular complexity index is 462. The fourth-order valence-corrected chi connectivity index (χ4v) is 2.06. The Kier molecular flexibility index (Phi) is 5.27. The van der Waals surface area contributed by atoms with Gasteiger partial charge in [-0.3, -0.25) is 0 Å². The molecule has 7 nitrogen and oxygen atoms in total. The fraction of sp³-hybridized carbons (Fsp3) is 0.500. The van der Waals surface area contributed by atoms with Crippen LogP contribution < -0.4 is 0 Å². The molecule has 0 aromatic heterocycles. The van der Waals surface area contributed by atoms with Crippen LogP contribution in [-0.2, 0) is 14.2 Å². The normalized spacial score (nSPS) is 32.7. The molecule has 21 heavy (non-hydrogen) atoms. The van der Waals surface area contributed by atoms with Crippen LogP contribution in [0, 0.1) is 0 Å². The van der Waals surface area contributed by atoms with E-state index in [0.29, 0.717) is 5.56 Å². The van der Waals surface area contributed by atoms with E-state index in [1.54, 1.807) is 30.3 Å². The van der Waals surface area contributed by atoms with E-state index >= 15 is 0 Å². The number of hydrogen-bond donors (Lipinski definition) is 3. The van der Waals surface area contributed by atoms with Crippen molar-refractivity contribution in [3.05, 3.63) is 35.9 Å². The summed E-state index contributed by atoms with van der Waals surface area (Å²) in [5.41, 5.74) is 0.367. The van der Waals surface area contributed by atoms with Crippen LogP contribution in [-0.4, -0.2) is 65.7 Å². The molecule has 5 atom stereocenters. The Morgan fingerprint density at radius 1 is 1.14 bits per heavy atom. The van der Waals surface area contributed by atoms with Gasteiger partial charge in [0.25, 0.3) is 0 Å². The van der Waals surface area contributed by atoms with E-state index in [2.05, 4.69) is 0 Å². The number of hydrogen-bond acceptors (Lipinski definition) is 7. The number of carbonyl (C=O) groups is 1. The van der Waals surface area contributed by atoms with Gasteiger partial charge in [0, 0.05) is 7.11 Å². The third-order valence-electron chi connectivity index (χ3n) is 3.29. The largest absolute Gasteiger partial charge is 0.459 e. The van der Waals surface area contributed by atoms with Crippen LogP contribution in [0.5, 0.6) is 0 Å². The third kappa shape index (κ3) is 3.58. The van der Waals surface area contributed by atoms with Gasteiger partial charge < -0.3 is 29.5 Å². The van der Waals surface area contributed by atoms with Gasteiger partial charge in [-0.2, -0.15) is 0 Å². The molecule has 0 radical (unpaired) electrons. The lowest BCUT2D eigenvalue weighted by molar-refractivity contribution is -0.294. The molecule has 0 unspecified atom stereocenters. The van der Waals surface area contributed by atoms with Gasteiger partial charge in [0.05, 0.1) is 5.56 Å². The van der Waals surface area contributed by atoms with Crippen LogP contribution in [0.25, 0.3) is 0 Å².